The number of rotatable bonds is 2. The van der Waals surface area contributed by atoms with E-state index in [1.807, 2.05) is 59.7 Å². The van der Waals surface area contributed by atoms with Gasteiger partial charge in [0.2, 0.25) is 0 Å². The minimum Gasteiger partial charge on any atom is -0.488 e. The molecule has 0 atom stereocenters. The van der Waals surface area contributed by atoms with Crippen molar-refractivity contribution in [3.63, 3.8) is 0 Å². The van der Waals surface area contributed by atoms with Crippen LogP contribution < -0.4 is 9.47 Å². The van der Waals surface area contributed by atoms with Crippen molar-refractivity contribution in [2.45, 2.75) is 52.7 Å². The third-order valence-corrected chi connectivity index (χ3v) is 2.32. The molecular weight excluding hydrogens is 327 g/mol. The van der Waals surface area contributed by atoms with Crippen LogP contribution in [0.2, 0.25) is 0 Å². The lowest BCUT2D eigenvalue weighted by molar-refractivity contribution is 0.121. The molecule has 17 heavy (non-hydrogen) atoms. The Morgan fingerprint density at radius 3 is 1.41 bits per heavy atom. The van der Waals surface area contributed by atoms with Crippen LogP contribution in [-0.4, -0.2) is 11.2 Å². The summed E-state index contributed by atoms with van der Waals surface area (Å²) < 4.78 is 12.8. The zero-order valence-electron chi connectivity index (χ0n) is 11.4. The number of benzene rings is 1. The molecule has 0 aliphatic carbocycles. The van der Waals surface area contributed by atoms with Crippen LogP contribution in [0.1, 0.15) is 41.5 Å². The van der Waals surface area contributed by atoms with Crippen LogP contribution in [0.4, 0.5) is 0 Å². The van der Waals surface area contributed by atoms with Crippen molar-refractivity contribution in [2.75, 3.05) is 0 Å². The van der Waals surface area contributed by atoms with Crippen LogP contribution in [0.25, 0.3) is 0 Å². The molecule has 1 aromatic rings. The van der Waals surface area contributed by atoms with Crippen molar-refractivity contribution in [3.05, 3.63) is 21.8 Å². The minimum atomic E-state index is -0.191. The van der Waals surface area contributed by atoms with Gasteiger partial charge in [-0.3, -0.25) is 0 Å². The predicted octanol–water partition coefficient (Wildman–Crippen LogP) is 4.65. The van der Waals surface area contributed by atoms with Gasteiger partial charge in [0.25, 0.3) is 0 Å². The maximum atomic E-state index is 5.85. The van der Waals surface area contributed by atoms with Gasteiger partial charge in [0.1, 0.15) is 22.7 Å². The number of hydrogen-bond acceptors (Lipinski definition) is 2. The van der Waals surface area contributed by atoms with Gasteiger partial charge in [0.15, 0.2) is 0 Å². The molecule has 2 nitrogen and oxygen atoms in total. The van der Waals surface area contributed by atoms with Crippen molar-refractivity contribution in [3.8, 4) is 11.5 Å². The second kappa shape index (κ2) is 5.04. The van der Waals surface area contributed by atoms with Gasteiger partial charge in [0, 0.05) is 9.64 Å². The summed E-state index contributed by atoms with van der Waals surface area (Å²) in [5.74, 6) is 1.70. The van der Waals surface area contributed by atoms with Crippen molar-refractivity contribution in [2.24, 2.45) is 0 Å². The molecule has 0 radical (unpaired) electrons. The molecule has 1 rings (SSSR count). The quantitative estimate of drug-likeness (QED) is 0.725. The molecule has 0 unspecified atom stereocenters. The maximum Gasteiger partial charge on any atom is 0.124 e. The molecule has 0 heterocycles. The summed E-state index contributed by atoms with van der Waals surface area (Å²) in [6.45, 7) is 12.2. The van der Waals surface area contributed by atoms with E-state index >= 15 is 0 Å². The van der Waals surface area contributed by atoms with Crippen molar-refractivity contribution in [1.29, 1.82) is 0 Å². The van der Waals surface area contributed by atoms with Crippen molar-refractivity contribution < 1.29 is 9.47 Å². The molecule has 0 spiro atoms. The fourth-order valence-electron chi connectivity index (χ4n) is 1.36. The lowest BCUT2D eigenvalue weighted by Gasteiger charge is -2.24. The van der Waals surface area contributed by atoms with Crippen LogP contribution in [0.5, 0.6) is 11.5 Å². The van der Waals surface area contributed by atoms with Gasteiger partial charge >= 0.3 is 0 Å². The fourth-order valence-corrected chi connectivity index (χ4v) is 1.98. The molecule has 0 aromatic heterocycles. The SMILES string of the molecule is CC(C)(C)Oc1cc(I)cc(OC(C)(C)C)c1. The van der Waals surface area contributed by atoms with Crippen molar-refractivity contribution >= 4 is 22.6 Å². The average molecular weight is 348 g/mol. The van der Waals surface area contributed by atoms with Gasteiger partial charge in [0.05, 0.1) is 0 Å². The van der Waals surface area contributed by atoms with E-state index in [-0.39, 0.29) is 11.2 Å². The highest BCUT2D eigenvalue weighted by Crippen LogP contribution is 2.28. The zero-order chi connectivity index (χ0) is 13.3. The van der Waals surface area contributed by atoms with Crippen LogP contribution >= 0.6 is 22.6 Å². The zero-order valence-corrected chi connectivity index (χ0v) is 13.6. The van der Waals surface area contributed by atoms with E-state index < -0.39 is 0 Å². The van der Waals surface area contributed by atoms with E-state index in [1.165, 1.54) is 0 Å². The first-order valence-corrected chi connectivity index (χ1v) is 6.82. The third kappa shape index (κ3) is 6.15. The first-order valence-electron chi connectivity index (χ1n) is 5.74. The standard InChI is InChI=1S/C14H21IO2/c1-13(2,3)16-11-7-10(15)8-12(9-11)17-14(4,5)6/h7-9H,1-6H3. The highest BCUT2D eigenvalue weighted by atomic mass is 127. The van der Waals surface area contributed by atoms with Gasteiger partial charge < -0.3 is 9.47 Å². The summed E-state index contributed by atoms with van der Waals surface area (Å²) in [5, 5.41) is 0. The van der Waals surface area contributed by atoms with E-state index in [4.69, 9.17) is 9.47 Å². The van der Waals surface area contributed by atoms with Crippen LogP contribution in [0, 0.1) is 3.57 Å². The summed E-state index contributed by atoms with van der Waals surface area (Å²) in [6.07, 6.45) is 0. The smallest absolute Gasteiger partial charge is 0.124 e. The molecule has 0 N–H and O–H groups in total. The second-order valence-corrected chi connectivity index (χ2v) is 7.30. The van der Waals surface area contributed by atoms with Crippen LogP contribution in [0.3, 0.4) is 0 Å². The van der Waals surface area contributed by atoms with E-state index in [2.05, 4.69) is 22.6 Å². The first kappa shape index (κ1) is 14.6. The largest absolute Gasteiger partial charge is 0.488 e. The highest BCUT2D eigenvalue weighted by molar-refractivity contribution is 14.1. The summed E-state index contributed by atoms with van der Waals surface area (Å²) >= 11 is 2.27. The molecule has 96 valence electrons. The van der Waals surface area contributed by atoms with Gasteiger partial charge in [-0.2, -0.15) is 0 Å². The topological polar surface area (TPSA) is 18.5 Å². The molecular formula is C14H21IO2. The third-order valence-electron chi connectivity index (χ3n) is 1.69. The molecule has 0 amide bonds. The Bertz CT molecular complexity index is 352. The Morgan fingerprint density at radius 2 is 1.12 bits per heavy atom. The van der Waals surface area contributed by atoms with Crippen LogP contribution in [0.15, 0.2) is 18.2 Å². The fraction of sp³-hybridized carbons (Fsp3) is 0.571. The Kier molecular flexibility index (Phi) is 4.33. The summed E-state index contributed by atoms with van der Waals surface area (Å²) in [5.41, 5.74) is -0.382. The average Bonchev–Trinajstić information content (AvgIpc) is 1.93. The molecule has 0 saturated heterocycles. The number of hydrogen-bond donors (Lipinski definition) is 0. The lowest BCUT2D eigenvalue weighted by atomic mass is 10.2. The molecule has 0 aliphatic rings. The van der Waals surface area contributed by atoms with E-state index in [0.717, 1.165) is 15.1 Å². The number of ether oxygens (including phenoxy) is 2. The van der Waals surface area contributed by atoms with Gasteiger partial charge in [-0.25, -0.2) is 0 Å². The summed E-state index contributed by atoms with van der Waals surface area (Å²) in [7, 11) is 0. The van der Waals surface area contributed by atoms with Gasteiger partial charge in [-0.1, -0.05) is 0 Å². The van der Waals surface area contributed by atoms with Gasteiger partial charge in [-0.05, 0) is 76.3 Å². The molecule has 0 aliphatic heterocycles. The molecule has 0 saturated carbocycles. The monoisotopic (exact) mass is 348 g/mol. The second-order valence-electron chi connectivity index (χ2n) is 6.05. The van der Waals surface area contributed by atoms with E-state index in [0.29, 0.717) is 0 Å². The molecule has 1 aromatic carbocycles. The Balaban J connectivity index is 2.95. The van der Waals surface area contributed by atoms with Crippen LogP contribution in [-0.2, 0) is 0 Å². The normalized spacial score (nSPS) is 12.4. The molecule has 3 heteroatoms. The Morgan fingerprint density at radius 1 is 0.765 bits per heavy atom. The Labute approximate surface area is 118 Å². The predicted molar refractivity (Wildman–Crippen MR) is 79.9 cm³/mol. The maximum absolute atomic E-state index is 5.85. The van der Waals surface area contributed by atoms with E-state index in [9.17, 15) is 0 Å². The van der Waals surface area contributed by atoms with Crippen molar-refractivity contribution in [1.82, 2.24) is 0 Å². The first-order chi connectivity index (χ1) is 7.55. The number of halogens is 1. The highest BCUT2D eigenvalue weighted by Gasteiger charge is 2.16. The summed E-state index contributed by atoms with van der Waals surface area (Å²) in [6, 6.07) is 5.97. The van der Waals surface area contributed by atoms with Gasteiger partial charge in [-0.15, -0.1) is 0 Å². The lowest BCUT2D eigenvalue weighted by Crippen LogP contribution is -2.24. The summed E-state index contributed by atoms with van der Waals surface area (Å²) in [4.78, 5) is 0. The molecule has 0 fully saturated rings. The minimum absolute atomic E-state index is 0.191. The molecule has 0 bridgehead atoms. The van der Waals surface area contributed by atoms with E-state index in [1.54, 1.807) is 0 Å². The Hall–Kier alpha value is -0.450.